The number of aliphatic hydroxyl groups excluding tert-OH is 1. The van der Waals surface area contributed by atoms with Crippen molar-refractivity contribution in [3.05, 3.63) is 16.4 Å². The molecule has 1 aliphatic rings. The number of aliphatic hydroxyl groups is 1. The monoisotopic (exact) mass is 230 g/mol. The van der Waals surface area contributed by atoms with Gasteiger partial charge in [-0.3, -0.25) is 4.68 Å². The molecule has 0 amide bonds. The molecule has 4 heteroatoms. The first-order valence-electron chi connectivity index (χ1n) is 4.05. The first-order valence-corrected chi connectivity index (χ1v) is 4.85. The minimum atomic E-state index is -0.341. The van der Waals surface area contributed by atoms with Crippen molar-refractivity contribution in [2.24, 2.45) is 13.0 Å². The lowest BCUT2D eigenvalue weighted by atomic mass is 10.2. The molecular weight excluding hydrogens is 220 g/mol. The summed E-state index contributed by atoms with van der Waals surface area (Å²) in [6.45, 7) is 0. The molecular formula is C8H11BrN2O. The Morgan fingerprint density at radius 2 is 2.42 bits per heavy atom. The highest BCUT2D eigenvalue weighted by Crippen LogP contribution is 2.42. The highest BCUT2D eigenvalue weighted by molar-refractivity contribution is 9.10. The molecule has 1 atom stereocenters. The Hall–Kier alpha value is -0.350. The number of aryl methyl sites for hydroxylation is 1. The van der Waals surface area contributed by atoms with Crippen molar-refractivity contribution < 1.29 is 5.11 Å². The number of hydrogen-bond donors (Lipinski definition) is 1. The number of halogens is 1. The third kappa shape index (κ3) is 1.29. The molecule has 0 spiro atoms. The lowest BCUT2D eigenvalue weighted by Gasteiger charge is -2.09. The van der Waals surface area contributed by atoms with Gasteiger partial charge in [-0.1, -0.05) is 0 Å². The lowest BCUT2D eigenvalue weighted by Crippen LogP contribution is -2.07. The Bertz CT molecular complexity index is 274. The van der Waals surface area contributed by atoms with Gasteiger partial charge < -0.3 is 5.11 Å². The maximum Gasteiger partial charge on any atom is 0.0996 e. The molecule has 1 unspecified atom stereocenters. The van der Waals surface area contributed by atoms with E-state index in [0.29, 0.717) is 5.92 Å². The Kier molecular flexibility index (Phi) is 1.96. The molecule has 2 rings (SSSR count). The zero-order valence-electron chi connectivity index (χ0n) is 6.87. The van der Waals surface area contributed by atoms with Crippen LogP contribution in [0.2, 0.25) is 0 Å². The molecule has 3 nitrogen and oxygen atoms in total. The fourth-order valence-corrected chi connectivity index (χ4v) is 1.97. The molecule has 12 heavy (non-hydrogen) atoms. The third-order valence-corrected chi connectivity index (χ3v) is 2.90. The molecule has 0 radical (unpaired) electrons. The molecule has 1 aliphatic carbocycles. The second-order valence-corrected chi connectivity index (χ2v) is 4.14. The quantitative estimate of drug-likeness (QED) is 0.839. The Morgan fingerprint density at radius 1 is 1.75 bits per heavy atom. The summed E-state index contributed by atoms with van der Waals surface area (Å²) in [5.41, 5.74) is 0.900. The van der Waals surface area contributed by atoms with Gasteiger partial charge in [0.15, 0.2) is 0 Å². The summed E-state index contributed by atoms with van der Waals surface area (Å²) in [7, 11) is 1.85. The average Bonchev–Trinajstić information content (AvgIpc) is 2.79. The zero-order valence-corrected chi connectivity index (χ0v) is 8.45. The van der Waals surface area contributed by atoms with Crippen LogP contribution in [0.4, 0.5) is 0 Å². The first kappa shape index (κ1) is 8.26. The second kappa shape index (κ2) is 2.85. The van der Waals surface area contributed by atoms with Crippen molar-refractivity contribution >= 4 is 15.9 Å². The fraction of sp³-hybridized carbons (Fsp3) is 0.625. The van der Waals surface area contributed by atoms with Gasteiger partial charge >= 0.3 is 0 Å². The smallest absolute Gasteiger partial charge is 0.0996 e. The molecule has 1 N–H and O–H groups in total. The van der Waals surface area contributed by atoms with Crippen LogP contribution >= 0.6 is 15.9 Å². The topological polar surface area (TPSA) is 38.0 Å². The van der Waals surface area contributed by atoms with Crippen molar-refractivity contribution in [2.45, 2.75) is 18.9 Å². The molecule has 0 aromatic carbocycles. The fourth-order valence-electron chi connectivity index (χ4n) is 1.39. The van der Waals surface area contributed by atoms with Gasteiger partial charge in [0, 0.05) is 7.05 Å². The van der Waals surface area contributed by atoms with Gasteiger partial charge in [-0.25, -0.2) is 0 Å². The SMILES string of the molecule is Cn1ncc(Br)c1C(O)C1CC1. The second-order valence-electron chi connectivity index (χ2n) is 3.28. The van der Waals surface area contributed by atoms with Crippen LogP contribution < -0.4 is 0 Å². The van der Waals surface area contributed by atoms with Crippen LogP contribution in [0.3, 0.4) is 0 Å². The number of rotatable bonds is 2. The molecule has 1 aromatic rings. The molecule has 1 saturated carbocycles. The van der Waals surface area contributed by atoms with Gasteiger partial charge in [0.2, 0.25) is 0 Å². The normalized spacial score (nSPS) is 19.6. The molecule has 0 saturated heterocycles. The average molecular weight is 231 g/mol. The van der Waals surface area contributed by atoms with Crippen molar-refractivity contribution in [1.29, 1.82) is 0 Å². The first-order chi connectivity index (χ1) is 5.70. The van der Waals surface area contributed by atoms with E-state index < -0.39 is 0 Å². The number of aromatic nitrogens is 2. The van der Waals surface area contributed by atoms with E-state index in [1.54, 1.807) is 10.9 Å². The highest BCUT2D eigenvalue weighted by atomic mass is 79.9. The van der Waals surface area contributed by atoms with Crippen molar-refractivity contribution in [3.63, 3.8) is 0 Å². The maximum absolute atomic E-state index is 9.82. The van der Waals surface area contributed by atoms with E-state index >= 15 is 0 Å². The van der Waals surface area contributed by atoms with E-state index in [0.717, 1.165) is 23.0 Å². The zero-order chi connectivity index (χ0) is 8.72. The molecule has 1 heterocycles. The van der Waals surface area contributed by atoms with E-state index in [2.05, 4.69) is 21.0 Å². The summed E-state index contributed by atoms with van der Waals surface area (Å²) in [5.74, 6) is 0.455. The lowest BCUT2D eigenvalue weighted by molar-refractivity contribution is 0.143. The van der Waals surface area contributed by atoms with Gasteiger partial charge in [-0.15, -0.1) is 0 Å². The predicted molar refractivity (Wildman–Crippen MR) is 48.6 cm³/mol. The van der Waals surface area contributed by atoms with Crippen LogP contribution in [-0.2, 0) is 7.05 Å². The molecule has 1 fully saturated rings. The van der Waals surface area contributed by atoms with Crippen molar-refractivity contribution in [2.75, 3.05) is 0 Å². The van der Waals surface area contributed by atoms with Crippen LogP contribution in [0, 0.1) is 5.92 Å². The van der Waals surface area contributed by atoms with E-state index in [-0.39, 0.29) is 6.10 Å². The summed E-state index contributed by atoms with van der Waals surface area (Å²) in [5, 5.41) is 13.9. The standard InChI is InChI=1S/C8H11BrN2O/c1-11-7(6(9)4-10-11)8(12)5-2-3-5/h4-5,8,12H,2-3H2,1H3. The maximum atomic E-state index is 9.82. The van der Waals surface area contributed by atoms with Crippen molar-refractivity contribution in [3.8, 4) is 0 Å². The summed E-state index contributed by atoms with van der Waals surface area (Å²) >= 11 is 3.37. The molecule has 0 bridgehead atoms. The molecule has 66 valence electrons. The van der Waals surface area contributed by atoms with Gasteiger partial charge in [0.1, 0.15) is 0 Å². The summed E-state index contributed by atoms with van der Waals surface area (Å²) < 4.78 is 2.64. The summed E-state index contributed by atoms with van der Waals surface area (Å²) in [6.07, 6.45) is 3.66. The van der Waals surface area contributed by atoms with Crippen LogP contribution in [-0.4, -0.2) is 14.9 Å². The molecule has 1 aromatic heterocycles. The van der Waals surface area contributed by atoms with Crippen LogP contribution in [0.5, 0.6) is 0 Å². The van der Waals surface area contributed by atoms with Gasteiger partial charge in [0.05, 0.1) is 22.5 Å². The predicted octanol–water partition coefficient (Wildman–Crippen LogP) is 1.63. The summed E-state index contributed by atoms with van der Waals surface area (Å²) in [4.78, 5) is 0. The Morgan fingerprint density at radius 3 is 2.83 bits per heavy atom. The van der Waals surface area contributed by atoms with Crippen LogP contribution in [0.1, 0.15) is 24.6 Å². The molecule has 0 aliphatic heterocycles. The van der Waals surface area contributed by atoms with Crippen LogP contribution in [0.15, 0.2) is 10.7 Å². The van der Waals surface area contributed by atoms with E-state index in [9.17, 15) is 5.11 Å². The van der Waals surface area contributed by atoms with Gasteiger partial charge in [-0.2, -0.15) is 5.10 Å². The van der Waals surface area contributed by atoms with E-state index in [1.807, 2.05) is 7.05 Å². The minimum absolute atomic E-state index is 0.341. The minimum Gasteiger partial charge on any atom is -0.386 e. The third-order valence-electron chi connectivity index (χ3n) is 2.29. The number of nitrogens with zero attached hydrogens (tertiary/aromatic N) is 2. The van der Waals surface area contributed by atoms with Gasteiger partial charge in [0.25, 0.3) is 0 Å². The Labute approximate surface area is 79.5 Å². The number of hydrogen-bond acceptors (Lipinski definition) is 2. The highest BCUT2D eigenvalue weighted by Gasteiger charge is 2.33. The van der Waals surface area contributed by atoms with E-state index in [1.165, 1.54) is 0 Å². The van der Waals surface area contributed by atoms with Crippen molar-refractivity contribution in [1.82, 2.24) is 9.78 Å². The van der Waals surface area contributed by atoms with E-state index in [4.69, 9.17) is 0 Å². The Balaban J connectivity index is 2.30. The van der Waals surface area contributed by atoms with Gasteiger partial charge in [-0.05, 0) is 34.7 Å². The van der Waals surface area contributed by atoms with Crippen LogP contribution in [0.25, 0.3) is 0 Å². The summed E-state index contributed by atoms with van der Waals surface area (Å²) in [6, 6.07) is 0. The largest absolute Gasteiger partial charge is 0.386 e.